The molecule has 2 saturated heterocycles. The Kier molecular flexibility index (Phi) is 3.07. The SMILES string of the molecule is CC1(C)O[C@H]2OC([C@H]3COC(C)(C)O3)=C(CC#N)[C@H]2O1. The van der Waals surface area contributed by atoms with Crippen LogP contribution < -0.4 is 0 Å². The van der Waals surface area contributed by atoms with Gasteiger partial charge in [0.05, 0.1) is 19.1 Å². The van der Waals surface area contributed by atoms with Crippen LogP contribution in [-0.2, 0) is 23.7 Å². The van der Waals surface area contributed by atoms with E-state index in [2.05, 4.69) is 6.07 Å². The van der Waals surface area contributed by atoms with Gasteiger partial charge in [-0.3, -0.25) is 0 Å². The van der Waals surface area contributed by atoms with Crippen LogP contribution in [0.1, 0.15) is 34.1 Å². The minimum atomic E-state index is -0.701. The second kappa shape index (κ2) is 4.43. The van der Waals surface area contributed by atoms with Gasteiger partial charge in [0, 0.05) is 5.57 Å². The van der Waals surface area contributed by atoms with E-state index in [9.17, 15) is 0 Å². The van der Waals surface area contributed by atoms with Crippen LogP contribution in [-0.4, -0.2) is 36.7 Å². The molecule has 3 heterocycles. The molecule has 0 aromatic carbocycles. The number of nitrogens with zero attached hydrogens (tertiary/aromatic N) is 1. The van der Waals surface area contributed by atoms with E-state index in [-0.39, 0.29) is 18.6 Å². The van der Waals surface area contributed by atoms with Crippen molar-refractivity contribution in [2.24, 2.45) is 0 Å². The van der Waals surface area contributed by atoms with Gasteiger partial charge in [0.1, 0.15) is 18.0 Å². The number of ether oxygens (including phenoxy) is 5. The molecule has 2 fully saturated rings. The van der Waals surface area contributed by atoms with Crippen molar-refractivity contribution < 1.29 is 23.7 Å². The van der Waals surface area contributed by atoms with Gasteiger partial charge in [-0.05, 0) is 27.7 Å². The summed E-state index contributed by atoms with van der Waals surface area (Å²) in [4.78, 5) is 0. The highest BCUT2D eigenvalue weighted by Crippen LogP contribution is 2.43. The molecule has 0 aromatic heterocycles. The van der Waals surface area contributed by atoms with Gasteiger partial charge in [-0.25, -0.2) is 0 Å². The second-order valence-corrected chi connectivity index (χ2v) is 6.08. The van der Waals surface area contributed by atoms with Gasteiger partial charge in [0.15, 0.2) is 11.6 Å². The molecule has 0 saturated carbocycles. The lowest BCUT2D eigenvalue weighted by Gasteiger charge is -2.21. The molecule has 3 aliphatic heterocycles. The maximum absolute atomic E-state index is 9.03. The lowest BCUT2D eigenvalue weighted by Crippen LogP contribution is -2.26. The van der Waals surface area contributed by atoms with Crippen LogP contribution in [0, 0.1) is 11.3 Å². The maximum atomic E-state index is 9.03. The van der Waals surface area contributed by atoms with Crippen LogP contribution in [0.15, 0.2) is 11.3 Å². The third-order valence-corrected chi connectivity index (χ3v) is 3.53. The molecule has 6 nitrogen and oxygen atoms in total. The Morgan fingerprint density at radius 2 is 1.90 bits per heavy atom. The molecule has 110 valence electrons. The average Bonchev–Trinajstić information content (AvgIpc) is 2.91. The molecule has 0 bridgehead atoms. The standard InChI is InChI=1S/C14H19NO5/c1-13(2)16-7-9(18-13)10-8(5-6-15)11-12(17-10)20-14(3,4)19-11/h9,11-12H,5,7H2,1-4H3/t9-,11-,12-/m1/s1. The quantitative estimate of drug-likeness (QED) is 0.769. The first-order valence-corrected chi connectivity index (χ1v) is 6.75. The third kappa shape index (κ3) is 2.31. The number of hydrogen-bond acceptors (Lipinski definition) is 6. The third-order valence-electron chi connectivity index (χ3n) is 3.53. The Morgan fingerprint density at radius 3 is 2.50 bits per heavy atom. The van der Waals surface area contributed by atoms with Crippen LogP contribution in [0.4, 0.5) is 0 Å². The van der Waals surface area contributed by atoms with Crippen molar-refractivity contribution in [1.29, 1.82) is 5.26 Å². The normalized spacial score (nSPS) is 37.6. The highest BCUT2D eigenvalue weighted by Gasteiger charge is 2.52. The highest BCUT2D eigenvalue weighted by molar-refractivity contribution is 5.27. The summed E-state index contributed by atoms with van der Waals surface area (Å²) in [6.07, 6.45) is -0.923. The molecule has 0 aliphatic carbocycles. The molecule has 0 spiro atoms. The summed E-state index contributed by atoms with van der Waals surface area (Å²) in [6.45, 7) is 7.76. The molecule has 20 heavy (non-hydrogen) atoms. The molecule has 0 amide bonds. The second-order valence-electron chi connectivity index (χ2n) is 6.08. The smallest absolute Gasteiger partial charge is 0.232 e. The zero-order valence-electron chi connectivity index (χ0n) is 12.1. The van der Waals surface area contributed by atoms with Gasteiger partial charge in [0.2, 0.25) is 6.29 Å². The molecule has 0 aromatic rings. The monoisotopic (exact) mass is 281 g/mol. The average molecular weight is 281 g/mol. The Labute approximate surface area is 118 Å². The van der Waals surface area contributed by atoms with Crippen molar-refractivity contribution in [3.8, 4) is 6.07 Å². The van der Waals surface area contributed by atoms with Gasteiger partial charge < -0.3 is 23.7 Å². The first-order valence-electron chi connectivity index (χ1n) is 6.75. The fraction of sp³-hybridized carbons (Fsp3) is 0.786. The van der Waals surface area contributed by atoms with Crippen molar-refractivity contribution >= 4 is 0 Å². The molecule has 0 N–H and O–H groups in total. The van der Waals surface area contributed by atoms with E-state index in [0.29, 0.717) is 12.4 Å². The molecule has 3 atom stereocenters. The topological polar surface area (TPSA) is 69.9 Å². The summed E-state index contributed by atoms with van der Waals surface area (Å²) in [7, 11) is 0. The first-order chi connectivity index (χ1) is 9.31. The minimum Gasteiger partial charge on any atom is -0.463 e. The largest absolute Gasteiger partial charge is 0.463 e. The summed E-state index contributed by atoms with van der Waals surface area (Å²) in [5.74, 6) is -0.714. The van der Waals surface area contributed by atoms with E-state index in [1.807, 2.05) is 27.7 Å². The first kappa shape index (κ1) is 13.8. The van der Waals surface area contributed by atoms with Crippen molar-refractivity contribution in [3.05, 3.63) is 11.3 Å². The predicted octanol–water partition coefficient (Wildman–Crippen LogP) is 1.81. The fourth-order valence-electron chi connectivity index (χ4n) is 2.76. The summed E-state index contributed by atoms with van der Waals surface area (Å²) in [6, 6.07) is 2.15. The molecule has 3 aliphatic rings. The molecular formula is C14H19NO5. The summed E-state index contributed by atoms with van der Waals surface area (Å²) in [5, 5.41) is 9.03. The lowest BCUT2D eigenvalue weighted by molar-refractivity contribution is -0.188. The Bertz CT molecular complexity index is 490. The van der Waals surface area contributed by atoms with Gasteiger partial charge in [0.25, 0.3) is 0 Å². The Morgan fingerprint density at radius 1 is 1.15 bits per heavy atom. The summed E-state index contributed by atoms with van der Waals surface area (Å²) >= 11 is 0. The van der Waals surface area contributed by atoms with E-state index in [4.69, 9.17) is 28.9 Å². The van der Waals surface area contributed by atoms with Gasteiger partial charge in [-0.1, -0.05) is 0 Å². The van der Waals surface area contributed by atoms with Crippen molar-refractivity contribution in [2.45, 2.75) is 64.2 Å². The van der Waals surface area contributed by atoms with Crippen LogP contribution in [0.3, 0.4) is 0 Å². The van der Waals surface area contributed by atoms with Crippen molar-refractivity contribution in [2.75, 3.05) is 6.61 Å². The predicted molar refractivity (Wildman–Crippen MR) is 67.1 cm³/mol. The van der Waals surface area contributed by atoms with Gasteiger partial charge in [-0.2, -0.15) is 5.26 Å². The number of nitriles is 1. The van der Waals surface area contributed by atoms with Crippen LogP contribution in [0.25, 0.3) is 0 Å². The molecule has 0 radical (unpaired) electrons. The van der Waals surface area contributed by atoms with E-state index in [0.717, 1.165) is 5.57 Å². The molecule has 3 rings (SSSR count). The molecule has 0 unspecified atom stereocenters. The van der Waals surface area contributed by atoms with Gasteiger partial charge in [-0.15, -0.1) is 0 Å². The van der Waals surface area contributed by atoms with Crippen LogP contribution in [0.2, 0.25) is 0 Å². The summed E-state index contributed by atoms with van der Waals surface area (Å²) in [5.41, 5.74) is 0.800. The van der Waals surface area contributed by atoms with E-state index >= 15 is 0 Å². The Balaban J connectivity index is 1.86. The molecular weight excluding hydrogens is 262 g/mol. The van der Waals surface area contributed by atoms with E-state index < -0.39 is 17.9 Å². The highest BCUT2D eigenvalue weighted by atomic mass is 16.8. The Hall–Kier alpha value is -1.13. The maximum Gasteiger partial charge on any atom is 0.232 e. The number of fused-ring (bicyclic) bond motifs is 1. The zero-order valence-corrected chi connectivity index (χ0v) is 12.1. The number of rotatable bonds is 2. The number of hydrogen-bond donors (Lipinski definition) is 0. The van der Waals surface area contributed by atoms with Crippen LogP contribution >= 0.6 is 0 Å². The summed E-state index contributed by atoms with van der Waals surface area (Å²) < 4.78 is 28.7. The van der Waals surface area contributed by atoms with E-state index in [1.165, 1.54) is 0 Å². The fourth-order valence-corrected chi connectivity index (χ4v) is 2.76. The van der Waals surface area contributed by atoms with E-state index in [1.54, 1.807) is 0 Å². The van der Waals surface area contributed by atoms with Crippen molar-refractivity contribution in [3.63, 3.8) is 0 Å². The zero-order chi connectivity index (χ0) is 14.5. The minimum absolute atomic E-state index is 0.232. The van der Waals surface area contributed by atoms with Crippen LogP contribution in [0.5, 0.6) is 0 Å². The lowest BCUT2D eigenvalue weighted by atomic mass is 10.1. The molecule has 6 heteroatoms. The van der Waals surface area contributed by atoms with Gasteiger partial charge >= 0.3 is 0 Å². The van der Waals surface area contributed by atoms with Crippen molar-refractivity contribution in [1.82, 2.24) is 0 Å².